The van der Waals surface area contributed by atoms with Gasteiger partial charge in [0.1, 0.15) is 5.75 Å². The second kappa shape index (κ2) is 9.78. The van der Waals surface area contributed by atoms with E-state index in [1.165, 1.54) is 0 Å². The van der Waals surface area contributed by atoms with Crippen LogP contribution < -0.4 is 15.0 Å². The number of nitrogens with one attached hydrogen (secondary N) is 1. The maximum absolute atomic E-state index is 12.5. The minimum atomic E-state index is 0.0112. The van der Waals surface area contributed by atoms with Crippen LogP contribution in [0.25, 0.3) is 0 Å². The number of amides is 2. The molecule has 0 bridgehead atoms. The van der Waals surface area contributed by atoms with E-state index in [1.54, 1.807) is 11.3 Å². The van der Waals surface area contributed by atoms with Crippen molar-refractivity contribution in [3.8, 4) is 5.75 Å². The highest BCUT2D eigenvalue weighted by Crippen LogP contribution is 2.28. The monoisotopic (exact) mass is 402 g/mol. The van der Waals surface area contributed by atoms with Crippen molar-refractivity contribution in [2.24, 2.45) is 0 Å². The number of rotatable bonds is 7. The van der Waals surface area contributed by atoms with E-state index < -0.39 is 0 Å². The van der Waals surface area contributed by atoms with E-state index in [2.05, 4.69) is 40.5 Å². The highest BCUT2D eigenvalue weighted by Gasteiger charge is 2.22. The third-order valence-electron chi connectivity index (χ3n) is 4.79. The summed E-state index contributed by atoms with van der Waals surface area (Å²) in [7, 11) is 0. The summed E-state index contributed by atoms with van der Waals surface area (Å²) in [6.07, 6.45) is 0.774. The molecule has 2 aromatic rings. The predicted molar refractivity (Wildman–Crippen MR) is 115 cm³/mol. The van der Waals surface area contributed by atoms with Crippen molar-refractivity contribution in [2.75, 3.05) is 44.2 Å². The molecule has 1 fully saturated rings. The first-order valence-electron chi connectivity index (χ1n) is 10.0. The van der Waals surface area contributed by atoms with Gasteiger partial charge in [-0.05, 0) is 19.1 Å². The van der Waals surface area contributed by atoms with Crippen molar-refractivity contribution in [3.63, 3.8) is 0 Å². The molecule has 0 unspecified atom stereocenters. The minimum absolute atomic E-state index is 0.0112. The molecule has 0 atom stereocenters. The molecular formula is C21H30N4O2S. The number of hydrogen-bond acceptors (Lipinski definition) is 5. The zero-order valence-corrected chi connectivity index (χ0v) is 17.8. The van der Waals surface area contributed by atoms with Crippen LogP contribution in [0.2, 0.25) is 0 Å². The number of urea groups is 1. The van der Waals surface area contributed by atoms with E-state index in [-0.39, 0.29) is 6.03 Å². The minimum Gasteiger partial charge on any atom is -0.492 e. The number of thiazole rings is 1. The molecule has 1 N–H and O–H groups in total. The van der Waals surface area contributed by atoms with E-state index in [0.717, 1.165) is 41.6 Å². The standard InChI is InChI=1S/C21H30N4O2S/c1-4-27-19-8-6-5-7-18(19)24-11-13-25(14-12-24)21(26)22-10-9-17-15-28-20(23-17)16(2)3/h5-8,15-16H,4,9-14H2,1-3H3,(H,22,26). The zero-order valence-electron chi connectivity index (χ0n) is 17.0. The summed E-state index contributed by atoms with van der Waals surface area (Å²) in [5.74, 6) is 1.37. The Hall–Kier alpha value is -2.28. The fraction of sp³-hybridized carbons (Fsp3) is 0.524. The van der Waals surface area contributed by atoms with Crippen LogP contribution in [0.5, 0.6) is 5.75 Å². The Balaban J connectivity index is 1.45. The van der Waals surface area contributed by atoms with Gasteiger partial charge in [0.25, 0.3) is 0 Å². The molecular weight excluding hydrogens is 372 g/mol. The Bertz CT molecular complexity index is 769. The van der Waals surface area contributed by atoms with E-state index in [0.29, 0.717) is 32.2 Å². The SMILES string of the molecule is CCOc1ccccc1N1CCN(C(=O)NCCc2csc(C(C)C)n2)CC1. The number of aromatic nitrogens is 1. The molecule has 2 amide bonds. The summed E-state index contributed by atoms with van der Waals surface area (Å²) in [6, 6.07) is 8.11. The van der Waals surface area contributed by atoms with E-state index >= 15 is 0 Å². The second-order valence-corrected chi connectivity index (χ2v) is 8.08. The van der Waals surface area contributed by atoms with Gasteiger partial charge in [-0.25, -0.2) is 9.78 Å². The summed E-state index contributed by atoms with van der Waals surface area (Å²) >= 11 is 1.70. The van der Waals surface area contributed by atoms with Crippen LogP contribution in [0, 0.1) is 0 Å². The quantitative estimate of drug-likeness (QED) is 0.767. The lowest BCUT2D eigenvalue weighted by atomic mass is 10.2. The number of nitrogens with zero attached hydrogens (tertiary/aromatic N) is 3. The Kier molecular flexibility index (Phi) is 7.14. The molecule has 0 spiro atoms. The van der Waals surface area contributed by atoms with Gasteiger partial charge < -0.3 is 19.9 Å². The van der Waals surface area contributed by atoms with Crippen LogP contribution in [0.15, 0.2) is 29.6 Å². The first-order chi connectivity index (χ1) is 13.6. The normalized spacial score (nSPS) is 14.4. The zero-order chi connectivity index (χ0) is 19.9. The average Bonchev–Trinajstić information content (AvgIpc) is 3.18. The number of ether oxygens (including phenoxy) is 1. The van der Waals surface area contributed by atoms with Gasteiger partial charge in [-0.3, -0.25) is 0 Å². The van der Waals surface area contributed by atoms with Crippen LogP contribution >= 0.6 is 11.3 Å². The van der Waals surface area contributed by atoms with Crippen molar-refractivity contribution in [3.05, 3.63) is 40.3 Å². The summed E-state index contributed by atoms with van der Waals surface area (Å²) in [6.45, 7) is 10.6. The smallest absolute Gasteiger partial charge is 0.317 e. The molecule has 1 aliphatic heterocycles. The molecule has 1 aromatic carbocycles. The Labute approximate surface area is 171 Å². The Morgan fingerprint density at radius 2 is 2.00 bits per heavy atom. The van der Waals surface area contributed by atoms with Crippen molar-refractivity contribution in [1.29, 1.82) is 0 Å². The number of anilines is 1. The molecule has 28 heavy (non-hydrogen) atoms. The maximum Gasteiger partial charge on any atom is 0.317 e. The van der Waals surface area contributed by atoms with Crippen LogP contribution in [0.3, 0.4) is 0 Å². The van der Waals surface area contributed by atoms with Gasteiger partial charge in [-0.15, -0.1) is 11.3 Å². The molecule has 0 saturated carbocycles. The molecule has 1 saturated heterocycles. The van der Waals surface area contributed by atoms with E-state index in [9.17, 15) is 4.79 Å². The lowest BCUT2D eigenvalue weighted by molar-refractivity contribution is 0.194. The van der Waals surface area contributed by atoms with Gasteiger partial charge in [0.15, 0.2) is 0 Å². The molecule has 3 rings (SSSR count). The van der Waals surface area contributed by atoms with Crippen LogP contribution in [0.1, 0.15) is 37.4 Å². The van der Waals surface area contributed by atoms with E-state index in [4.69, 9.17) is 4.74 Å². The first kappa shape index (κ1) is 20.5. The fourth-order valence-electron chi connectivity index (χ4n) is 3.26. The van der Waals surface area contributed by atoms with Crippen molar-refractivity contribution in [1.82, 2.24) is 15.2 Å². The van der Waals surface area contributed by atoms with Gasteiger partial charge in [-0.2, -0.15) is 0 Å². The predicted octanol–water partition coefficient (Wildman–Crippen LogP) is 3.74. The molecule has 0 aliphatic carbocycles. The number of carbonyl (C=O) groups excluding carboxylic acids is 1. The summed E-state index contributed by atoms with van der Waals surface area (Å²) < 4.78 is 5.74. The average molecular weight is 403 g/mol. The van der Waals surface area contributed by atoms with Gasteiger partial charge in [0.05, 0.1) is 23.0 Å². The number of para-hydroxylation sites is 2. The second-order valence-electron chi connectivity index (χ2n) is 7.19. The van der Waals surface area contributed by atoms with Gasteiger partial charge in [0, 0.05) is 50.4 Å². The number of carbonyl (C=O) groups is 1. The highest BCUT2D eigenvalue weighted by molar-refractivity contribution is 7.09. The van der Waals surface area contributed by atoms with Crippen LogP contribution in [-0.4, -0.2) is 55.2 Å². The molecule has 1 aliphatic rings. The summed E-state index contributed by atoms with van der Waals surface area (Å²) in [4.78, 5) is 21.3. The maximum atomic E-state index is 12.5. The lowest BCUT2D eigenvalue weighted by Gasteiger charge is -2.36. The fourth-order valence-corrected chi connectivity index (χ4v) is 4.13. The first-order valence-corrected chi connectivity index (χ1v) is 10.9. The van der Waals surface area contributed by atoms with Gasteiger partial charge in [-0.1, -0.05) is 26.0 Å². The molecule has 6 nitrogen and oxygen atoms in total. The lowest BCUT2D eigenvalue weighted by Crippen LogP contribution is -2.52. The van der Waals surface area contributed by atoms with Gasteiger partial charge >= 0.3 is 6.03 Å². The summed E-state index contributed by atoms with van der Waals surface area (Å²) in [5, 5.41) is 6.28. The number of benzene rings is 1. The largest absolute Gasteiger partial charge is 0.492 e. The number of hydrogen-bond donors (Lipinski definition) is 1. The van der Waals surface area contributed by atoms with Crippen molar-refractivity contribution < 1.29 is 9.53 Å². The van der Waals surface area contributed by atoms with Crippen LogP contribution in [0.4, 0.5) is 10.5 Å². The van der Waals surface area contributed by atoms with Crippen molar-refractivity contribution in [2.45, 2.75) is 33.1 Å². The molecule has 152 valence electrons. The molecule has 7 heteroatoms. The molecule has 2 heterocycles. The Morgan fingerprint density at radius 1 is 1.25 bits per heavy atom. The third-order valence-corrected chi connectivity index (χ3v) is 5.99. The highest BCUT2D eigenvalue weighted by atomic mass is 32.1. The molecule has 1 aromatic heterocycles. The topological polar surface area (TPSA) is 57.7 Å². The van der Waals surface area contributed by atoms with Gasteiger partial charge in [0.2, 0.25) is 0 Å². The van der Waals surface area contributed by atoms with E-state index in [1.807, 2.05) is 30.0 Å². The Morgan fingerprint density at radius 3 is 2.68 bits per heavy atom. The molecule has 0 radical (unpaired) electrons. The third kappa shape index (κ3) is 5.16. The van der Waals surface area contributed by atoms with Crippen LogP contribution in [-0.2, 0) is 6.42 Å². The van der Waals surface area contributed by atoms with Crippen molar-refractivity contribution >= 4 is 23.1 Å². The summed E-state index contributed by atoms with van der Waals surface area (Å²) in [5.41, 5.74) is 2.17. The number of piperazine rings is 1.